The maximum absolute atomic E-state index is 11.8. The van der Waals surface area contributed by atoms with Crippen LogP contribution in [0, 0.1) is 5.92 Å². The second kappa shape index (κ2) is 7.05. The fourth-order valence-electron chi connectivity index (χ4n) is 2.33. The number of rotatable bonds is 5. The molecule has 0 saturated carbocycles. The normalized spacial score (nSPS) is 17.8. The highest BCUT2D eigenvalue weighted by atomic mass is 16.5. The third-order valence-corrected chi connectivity index (χ3v) is 3.53. The average molecular weight is 276 g/mol. The molecule has 0 aliphatic carbocycles. The Morgan fingerprint density at radius 1 is 1.35 bits per heavy atom. The zero-order valence-corrected chi connectivity index (χ0v) is 11.6. The Morgan fingerprint density at radius 3 is 2.70 bits per heavy atom. The third-order valence-electron chi connectivity index (χ3n) is 3.53. The Labute approximate surface area is 118 Å². The fourth-order valence-corrected chi connectivity index (χ4v) is 2.33. The highest BCUT2D eigenvalue weighted by Crippen LogP contribution is 2.16. The molecule has 5 nitrogen and oxygen atoms in total. The van der Waals surface area contributed by atoms with Gasteiger partial charge in [0, 0.05) is 12.1 Å². The molecular weight excluding hydrogens is 256 g/mol. The van der Waals surface area contributed by atoms with Crippen LogP contribution < -0.4 is 10.6 Å². The lowest BCUT2D eigenvalue weighted by molar-refractivity contribution is -0.116. The zero-order valence-electron chi connectivity index (χ0n) is 11.6. The Morgan fingerprint density at radius 2 is 2.10 bits per heavy atom. The second-order valence-electron chi connectivity index (χ2n) is 5.01. The van der Waals surface area contributed by atoms with E-state index < -0.39 is 0 Å². The van der Waals surface area contributed by atoms with Gasteiger partial charge in [0.15, 0.2) is 0 Å². The van der Waals surface area contributed by atoms with Crippen LogP contribution in [0.1, 0.15) is 29.6 Å². The number of ether oxygens (including phenoxy) is 1. The Kier molecular flexibility index (Phi) is 5.12. The van der Waals surface area contributed by atoms with Gasteiger partial charge in [-0.3, -0.25) is 4.79 Å². The van der Waals surface area contributed by atoms with E-state index in [-0.39, 0.29) is 11.9 Å². The first kappa shape index (κ1) is 14.5. The van der Waals surface area contributed by atoms with Crippen molar-refractivity contribution in [2.75, 3.05) is 25.5 Å². The van der Waals surface area contributed by atoms with E-state index in [2.05, 4.69) is 15.4 Å². The number of methoxy groups -OCH3 is 1. The maximum Gasteiger partial charge on any atom is 0.337 e. The summed E-state index contributed by atoms with van der Waals surface area (Å²) in [4.78, 5) is 23.1. The molecule has 0 aromatic heterocycles. The molecule has 1 fully saturated rings. The maximum atomic E-state index is 11.8. The summed E-state index contributed by atoms with van der Waals surface area (Å²) in [6.45, 7) is 2.07. The fraction of sp³-hybridized carbons (Fsp3) is 0.467. The van der Waals surface area contributed by atoms with Crippen molar-refractivity contribution in [3.8, 4) is 0 Å². The van der Waals surface area contributed by atoms with Gasteiger partial charge in [0.25, 0.3) is 0 Å². The summed E-state index contributed by atoms with van der Waals surface area (Å²) < 4.78 is 4.62. The number of hydrogen-bond acceptors (Lipinski definition) is 4. The van der Waals surface area contributed by atoms with Crippen LogP contribution in [-0.2, 0) is 9.53 Å². The van der Waals surface area contributed by atoms with Gasteiger partial charge in [0.1, 0.15) is 0 Å². The summed E-state index contributed by atoms with van der Waals surface area (Å²) in [5, 5.41) is 6.13. The van der Waals surface area contributed by atoms with Crippen LogP contribution in [0.15, 0.2) is 24.3 Å². The van der Waals surface area contributed by atoms with Crippen molar-refractivity contribution in [3.63, 3.8) is 0 Å². The standard InChI is InChI=1S/C15H20N2O3/c1-20-15(19)12-3-5-13(6-4-12)17-14(18)7-2-11-8-9-16-10-11/h3-6,11,16H,2,7-10H2,1H3,(H,17,18). The van der Waals surface area contributed by atoms with Gasteiger partial charge in [-0.05, 0) is 56.1 Å². The van der Waals surface area contributed by atoms with Gasteiger partial charge in [-0.25, -0.2) is 4.79 Å². The van der Waals surface area contributed by atoms with Crippen LogP contribution in [-0.4, -0.2) is 32.1 Å². The van der Waals surface area contributed by atoms with Gasteiger partial charge in [-0.15, -0.1) is 0 Å². The highest BCUT2D eigenvalue weighted by molar-refractivity contribution is 5.93. The molecule has 1 aliphatic heterocycles. The molecule has 1 heterocycles. The SMILES string of the molecule is COC(=O)c1ccc(NC(=O)CCC2CCNC2)cc1. The summed E-state index contributed by atoms with van der Waals surface area (Å²) >= 11 is 0. The minimum atomic E-state index is -0.378. The molecule has 5 heteroatoms. The number of benzene rings is 1. The molecule has 1 aromatic rings. The predicted octanol–water partition coefficient (Wildman–Crippen LogP) is 1.80. The van der Waals surface area contributed by atoms with Crippen LogP contribution in [0.2, 0.25) is 0 Å². The van der Waals surface area contributed by atoms with Crippen molar-refractivity contribution >= 4 is 17.6 Å². The van der Waals surface area contributed by atoms with Gasteiger partial charge in [0.2, 0.25) is 5.91 Å². The molecule has 1 unspecified atom stereocenters. The molecule has 1 amide bonds. The lowest BCUT2D eigenvalue weighted by atomic mass is 10.0. The Hall–Kier alpha value is -1.88. The van der Waals surface area contributed by atoms with Crippen molar-refractivity contribution in [2.45, 2.75) is 19.3 Å². The topological polar surface area (TPSA) is 67.4 Å². The van der Waals surface area contributed by atoms with E-state index in [4.69, 9.17) is 0 Å². The number of amides is 1. The Balaban J connectivity index is 1.80. The average Bonchev–Trinajstić information content (AvgIpc) is 2.98. The predicted molar refractivity (Wildman–Crippen MR) is 76.6 cm³/mol. The van der Waals surface area contributed by atoms with Gasteiger partial charge in [-0.1, -0.05) is 0 Å². The molecule has 2 rings (SSSR count). The summed E-state index contributed by atoms with van der Waals surface area (Å²) in [5.74, 6) is 0.252. The van der Waals surface area contributed by atoms with E-state index in [1.807, 2.05) is 0 Å². The number of hydrogen-bond donors (Lipinski definition) is 2. The molecule has 0 radical (unpaired) electrons. The lowest BCUT2D eigenvalue weighted by Gasteiger charge is -2.09. The lowest BCUT2D eigenvalue weighted by Crippen LogP contribution is -2.15. The number of esters is 1. The summed E-state index contributed by atoms with van der Waals surface area (Å²) in [7, 11) is 1.34. The number of carbonyl (C=O) groups excluding carboxylic acids is 2. The first-order valence-corrected chi connectivity index (χ1v) is 6.88. The quantitative estimate of drug-likeness (QED) is 0.805. The number of carbonyl (C=O) groups is 2. The van der Waals surface area contributed by atoms with Crippen LogP contribution in [0.5, 0.6) is 0 Å². The van der Waals surface area contributed by atoms with E-state index in [1.54, 1.807) is 24.3 Å². The first-order chi connectivity index (χ1) is 9.69. The molecule has 1 atom stereocenters. The Bertz CT molecular complexity index is 465. The van der Waals surface area contributed by atoms with E-state index in [9.17, 15) is 9.59 Å². The molecule has 0 spiro atoms. The molecule has 2 N–H and O–H groups in total. The van der Waals surface area contributed by atoms with Crippen LogP contribution in [0.25, 0.3) is 0 Å². The summed E-state index contributed by atoms with van der Waals surface area (Å²) in [6.07, 6.45) is 2.60. The molecular formula is C15H20N2O3. The molecule has 108 valence electrons. The van der Waals surface area contributed by atoms with Gasteiger partial charge < -0.3 is 15.4 Å². The minimum Gasteiger partial charge on any atom is -0.465 e. The minimum absolute atomic E-state index is 0.0164. The van der Waals surface area contributed by atoms with Crippen molar-refractivity contribution in [1.29, 1.82) is 0 Å². The second-order valence-corrected chi connectivity index (χ2v) is 5.01. The summed E-state index contributed by atoms with van der Waals surface area (Å²) in [5.41, 5.74) is 1.18. The zero-order chi connectivity index (χ0) is 14.4. The summed E-state index contributed by atoms with van der Waals surface area (Å²) in [6, 6.07) is 6.70. The molecule has 1 aliphatic rings. The van der Waals surface area contributed by atoms with Gasteiger partial charge in [0.05, 0.1) is 12.7 Å². The molecule has 1 aromatic carbocycles. The van der Waals surface area contributed by atoms with Crippen molar-refractivity contribution < 1.29 is 14.3 Å². The molecule has 0 bridgehead atoms. The third kappa shape index (κ3) is 4.06. The largest absolute Gasteiger partial charge is 0.465 e. The van der Waals surface area contributed by atoms with Crippen LogP contribution in [0.3, 0.4) is 0 Å². The van der Waals surface area contributed by atoms with Crippen molar-refractivity contribution in [3.05, 3.63) is 29.8 Å². The smallest absolute Gasteiger partial charge is 0.337 e. The monoisotopic (exact) mass is 276 g/mol. The van der Waals surface area contributed by atoms with E-state index in [1.165, 1.54) is 7.11 Å². The van der Waals surface area contributed by atoms with Crippen molar-refractivity contribution in [2.24, 2.45) is 5.92 Å². The van der Waals surface area contributed by atoms with E-state index in [0.717, 1.165) is 25.9 Å². The first-order valence-electron chi connectivity index (χ1n) is 6.88. The highest BCUT2D eigenvalue weighted by Gasteiger charge is 2.15. The van der Waals surface area contributed by atoms with E-state index in [0.29, 0.717) is 23.6 Å². The molecule has 20 heavy (non-hydrogen) atoms. The van der Waals surface area contributed by atoms with Crippen LogP contribution in [0.4, 0.5) is 5.69 Å². The number of nitrogens with one attached hydrogen (secondary N) is 2. The van der Waals surface area contributed by atoms with E-state index >= 15 is 0 Å². The van der Waals surface area contributed by atoms with Gasteiger partial charge >= 0.3 is 5.97 Å². The van der Waals surface area contributed by atoms with Crippen LogP contribution >= 0.6 is 0 Å². The van der Waals surface area contributed by atoms with Gasteiger partial charge in [-0.2, -0.15) is 0 Å². The van der Waals surface area contributed by atoms with Crippen molar-refractivity contribution in [1.82, 2.24) is 5.32 Å². The molecule has 1 saturated heterocycles. The number of anilines is 1.